The standard InChI is InChI=1S/C16H29N5S.HI/c1-5-17-16(19-9-6-7-11-22-4)20-13-14-8-10-18-15(12-14)21(2)3;/h8,10,12H,5-7,9,11,13H2,1-4H3,(H2,17,19,20);1H. The molecule has 0 spiro atoms. The predicted molar refractivity (Wildman–Crippen MR) is 114 cm³/mol. The second-order valence-electron chi connectivity index (χ2n) is 5.24. The highest BCUT2D eigenvalue weighted by atomic mass is 127. The summed E-state index contributed by atoms with van der Waals surface area (Å²) in [5, 5.41) is 6.68. The van der Waals surface area contributed by atoms with E-state index in [-0.39, 0.29) is 24.0 Å². The van der Waals surface area contributed by atoms with Gasteiger partial charge >= 0.3 is 0 Å². The van der Waals surface area contributed by atoms with Crippen molar-refractivity contribution in [1.82, 2.24) is 15.6 Å². The number of nitrogens with zero attached hydrogens (tertiary/aromatic N) is 3. The molecule has 0 amide bonds. The average molecular weight is 451 g/mol. The fourth-order valence-electron chi connectivity index (χ4n) is 1.89. The molecule has 0 aliphatic rings. The third-order valence-electron chi connectivity index (χ3n) is 3.10. The summed E-state index contributed by atoms with van der Waals surface area (Å²) in [5.74, 6) is 3.07. The Morgan fingerprint density at radius 3 is 2.74 bits per heavy atom. The van der Waals surface area contributed by atoms with Crippen LogP contribution in [-0.4, -0.2) is 50.1 Å². The van der Waals surface area contributed by atoms with Crippen LogP contribution in [0, 0.1) is 0 Å². The van der Waals surface area contributed by atoms with Crippen molar-refractivity contribution in [3.63, 3.8) is 0 Å². The van der Waals surface area contributed by atoms with Crippen LogP contribution in [0.4, 0.5) is 5.82 Å². The van der Waals surface area contributed by atoms with E-state index in [2.05, 4.69) is 39.9 Å². The van der Waals surface area contributed by atoms with Gasteiger partial charge in [-0.15, -0.1) is 24.0 Å². The van der Waals surface area contributed by atoms with E-state index in [1.807, 2.05) is 43.0 Å². The van der Waals surface area contributed by atoms with Gasteiger partial charge in [-0.1, -0.05) is 0 Å². The van der Waals surface area contributed by atoms with Gasteiger partial charge in [0.1, 0.15) is 5.82 Å². The number of pyridine rings is 1. The van der Waals surface area contributed by atoms with Crippen LogP contribution in [0.3, 0.4) is 0 Å². The minimum Gasteiger partial charge on any atom is -0.363 e. The van der Waals surface area contributed by atoms with Crippen molar-refractivity contribution in [2.75, 3.05) is 44.1 Å². The van der Waals surface area contributed by atoms with E-state index < -0.39 is 0 Å². The first-order chi connectivity index (χ1) is 10.7. The molecule has 7 heteroatoms. The molecule has 0 saturated carbocycles. The summed E-state index contributed by atoms with van der Waals surface area (Å²) in [6.45, 7) is 4.58. The largest absolute Gasteiger partial charge is 0.363 e. The number of aliphatic imine (C=N–C) groups is 1. The summed E-state index contributed by atoms with van der Waals surface area (Å²) < 4.78 is 0. The van der Waals surface area contributed by atoms with Gasteiger partial charge in [-0.25, -0.2) is 9.98 Å². The van der Waals surface area contributed by atoms with Gasteiger partial charge in [0.25, 0.3) is 0 Å². The third-order valence-corrected chi connectivity index (χ3v) is 3.80. The van der Waals surface area contributed by atoms with Gasteiger partial charge < -0.3 is 15.5 Å². The van der Waals surface area contributed by atoms with Crippen LogP contribution in [0.25, 0.3) is 0 Å². The smallest absolute Gasteiger partial charge is 0.191 e. The molecule has 0 aliphatic heterocycles. The van der Waals surface area contributed by atoms with Gasteiger partial charge in [-0.3, -0.25) is 0 Å². The van der Waals surface area contributed by atoms with Crippen LogP contribution in [0.15, 0.2) is 23.3 Å². The molecule has 0 atom stereocenters. The normalized spacial score (nSPS) is 10.9. The molecule has 0 aliphatic carbocycles. The summed E-state index contributed by atoms with van der Waals surface area (Å²) in [7, 11) is 3.99. The number of anilines is 1. The zero-order valence-electron chi connectivity index (χ0n) is 14.6. The van der Waals surface area contributed by atoms with Crippen LogP contribution in [0.1, 0.15) is 25.3 Å². The number of aromatic nitrogens is 1. The van der Waals surface area contributed by atoms with Crippen LogP contribution in [0.5, 0.6) is 0 Å². The number of halogens is 1. The van der Waals surface area contributed by atoms with Crippen molar-refractivity contribution < 1.29 is 0 Å². The molecular formula is C16H30IN5S. The molecule has 2 N–H and O–H groups in total. The summed E-state index contributed by atoms with van der Waals surface area (Å²) in [6.07, 6.45) is 6.40. The second kappa shape index (κ2) is 13.7. The molecular weight excluding hydrogens is 421 g/mol. The van der Waals surface area contributed by atoms with E-state index >= 15 is 0 Å². The molecule has 23 heavy (non-hydrogen) atoms. The summed E-state index contributed by atoms with van der Waals surface area (Å²) in [6, 6.07) is 4.09. The minimum atomic E-state index is 0. The van der Waals surface area contributed by atoms with E-state index in [0.717, 1.165) is 24.9 Å². The Hall–Kier alpha value is -0.700. The number of guanidine groups is 1. The van der Waals surface area contributed by atoms with E-state index in [0.29, 0.717) is 6.54 Å². The first-order valence-electron chi connectivity index (χ1n) is 7.80. The molecule has 0 radical (unpaired) electrons. The summed E-state index contributed by atoms with van der Waals surface area (Å²) in [5.41, 5.74) is 1.17. The number of nitrogens with one attached hydrogen (secondary N) is 2. The topological polar surface area (TPSA) is 52.6 Å². The van der Waals surface area contributed by atoms with Gasteiger partial charge in [-0.05, 0) is 49.5 Å². The molecule has 1 aromatic rings. The van der Waals surface area contributed by atoms with E-state index in [4.69, 9.17) is 0 Å². The van der Waals surface area contributed by atoms with Crippen LogP contribution in [0.2, 0.25) is 0 Å². The highest BCUT2D eigenvalue weighted by molar-refractivity contribution is 14.0. The van der Waals surface area contributed by atoms with Crippen LogP contribution < -0.4 is 15.5 Å². The van der Waals surface area contributed by atoms with E-state index in [9.17, 15) is 0 Å². The fourth-order valence-corrected chi connectivity index (χ4v) is 2.39. The first kappa shape index (κ1) is 22.3. The number of rotatable bonds is 9. The molecule has 0 fully saturated rings. The quantitative estimate of drug-likeness (QED) is 0.262. The van der Waals surface area contributed by atoms with Gasteiger partial charge in [0, 0.05) is 33.4 Å². The predicted octanol–water partition coefficient (Wildman–Crippen LogP) is 2.96. The molecule has 0 bridgehead atoms. The lowest BCUT2D eigenvalue weighted by Crippen LogP contribution is -2.37. The van der Waals surface area contributed by atoms with Crippen molar-refractivity contribution in [1.29, 1.82) is 0 Å². The molecule has 0 unspecified atom stereocenters. The number of hydrogen-bond acceptors (Lipinski definition) is 4. The Kier molecular flexibility index (Phi) is 13.3. The lowest BCUT2D eigenvalue weighted by atomic mass is 10.2. The van der Waals surface area contributed by atoms with Gasteiger partial charge in [-0.2, -0.15) is 11.8 Å². The Morgan fingerprint density at radius 2 is 2.09 bits per heavy atom. The maximum absolute atomic E-state index is 4.64. The SMILES string of the molecule is CCNC(=NCc1ccnc(N(C)C)c1)NCCCCSC.I. The molecule has 1 heterocycles. The number of unbranched alkanes of at least 4 members (excludes halogenated alkanes) is 1. The Morgan fingerprint density at radius 1 is 1.30 bits per heavy atom. The van der Waals surface area contributed by atoms with Crippen molar-refractivity contribution in [2.45, 2.75) is 26.3 Å². The number of hydrogen-bond donors (Lipinski definition) is 2. The maximum Gasteiger partial charge on any atom is 0.191 e. The Labute approximate surface area is 162 Å². The third kappa shape index (κ3) is 9.91. The molecule has 1 aromatic heterocycles. The zero-order valence-corrected chi connectivity index (χ0v) is 17.8. The Balaban J connectivity index is 0.00000484. The zero-order chi connectivity index (χ0) is 16.2. The van der Waals surface area contributed by atoms with Crippen LogP contribution >= 0.6 is 35.7 Å². The van der Waals surface area contributed by atoms with Crippen LogP contribution in [-0.2, 0) is 6.54 Å². The average Bonchev–Trinajstić information content (AvgIpc) is 2.52. The summed E-state index contributed by atoms with van der Waals surface area (Å²) in [4.78, 5) is 11.0. The summed E-state index contributed by atoms with van der Waals surface area (Å²) >= 11 is 1.90. The molecule has 5 nitrogen and oxygen atoms in total. The van der Waals surface area contributed by atoms with E-state index in [1.165, 1.54) is 24.2 Å². The minimum absolute atomic E-state index is 0. The fraction of sp³-hybridized carbons (Fsp3) is 0.625. The van der Waals surface area contributed by atoms with Gasteiger partial charge in [0.15, 0.2) is 5.96 Å². The highest BCUT2D eigenvalue weighted by Gasteiger charge is 2.00. The van der Waals surface area contributed by atoms with E-state index in [1.54, 1.807) is 0 Å². The lowest BCUT2D eigenvalue weighted by Gasteiger charge is -2.13. The van der Waals surface area contributed by atoms with Crippen molar-refractivity contribution >= 4 is 47.5 Å². The lowest BCUT2D eigenvalue weighted by molar-refractivity contribution is 0.734. The number of thioether (sulfide) groups is 1. The maximum atomic E-state index is 4.64. The molecule has 0 saturated heterocycles. The highest BCUT2D eigenvalue weighted by Crippen LogP contribution is 2.10. The Bertz CT molecular complexity index is 454. The van der Waals surface area contributed by atoms with Crippen molar-refractivity contribution in [2.24, 2.45) is 4.99 Å². The van der Waals surface area contributed by atoms with Crippen molar-refractivity contribution in [3.8, 4) is 0 Å². The van der Waals surface area contributed by atoms with Gasteiger partial charge in [0.2, 0.25) is 0 Å². The van der Waals surface area contributed by atoms with Crippen molar-refractivity contribution in [3.05, 3.63) is 23.9 Å². The first-order valence-corrected chi connectivity index (χ1v) is 9.20. The molecule has 0 aromatic carbocycles. The molecule has 1 rings (SSSR count). The monoisotopic (exact) mass is 451 g/mol. The van der Waals surface area contributed by atoms with Gasteiger partial charge in [0.05, 0.1) is 6.54 Å². The second-order valence-corrected chi connectivity index (χ2v) is 6.22. The molecule has 132 valence electrons.